The van der Waals surface area contributed by atoms with Crippen LogP contribution >= 0.6 is 0 Å². The molecule has 4 rings (SSSR count). The third-order valence-electron chi connectivity index (χ3n) is 5.80. The zero-order valence-corrected chi connectivity index (χ0v) is 16.3. The lowest BCUT2D eigenvalue weighted by atomic mass is 10.1. The number of benzene rings is 2. The van der Waals surface area contributed by atoms with E-state index in [1.807, 2.05) is 0 Å². The number of fused-ring (bicyclic) bond motifs is 1. The molecule has 2 aromatic carbocycles. The lowest BCUT2D eigenvalue weighted by molar-refractivity contribution is 0.103. The van der Waals surface area contributed by atoms with E-state index in [1.165, 1.54) is 46.4 Å². The predicted octanol–water partition coefficient (Wildman–Crippen LogP) is 3.59. The van der Waals surface area contributed by atoms with Gasteiger partial charge >= 0.3 is 6.09 Å². The first kappa shape index (κ1) is 18.8. The highest BCUT2D eigenvalue weighted by atomic mass is 16.5. The van der Waals surface area contributed by atoms with E-state index in [-0.39, 0.29) is 0 Å². The molecular formula is C23H28N2O3. The molecular weight excluding hydrogens is 352 g/mol. The molecule has 1 fully saturated rings. The highest BCUT2D eigenvalue weighted by Gasteiger charge is 2.20. The lowest BCUT2D eigenvalue weighted by Crippen LogP contribution is -2.47. The van der Waals surface area contributed by atoms with E-state index in [0.717, 1.165) is 31.8 Å². The van der Waals surface area contributed by atoms with Crippen molar-refractivity contribution in [1.82, 2.24) is 9.80 Å². The quantitative estimate of drug-likeness (QED) is 0.832. The molecule has 28 heavy (non-hydrogen) atoms. The molecule has 0 radical (unpaired) electrons. The van der Waals surface area contributed by atoms with E-state index in [2.05, 4.69) is 47.4 Å². The third-order valence-corrected chi connectivity index (χ3v) is 5.80. The molecule has 1 heterocycles. The zero-order valence-electron chi connectivity index (χ0n) is 16.3. The van der Waals surface area contributed by atoms with E-state index < -0.39 is 6.09 Å². The summed E-state index contributed by atoms with van der Waals surface area (Å²) in [6.45, 7) is 4.33. The van der Waals surface area contributed by atoms with Gasteiger partial charge in [0, 0.05) is 39.1 Å². The Morgan fingerprint density at radius 1 is 0.929 bits per heavy atom. The maximum absolute atomic E-state index is 11.0. The fourth-order valence-corrected chi connectivity index (χ4v) is 4.09. The average Bonchev–Trinajstić information content (AvgIpc) is 3.18. The van der Waals surface area contributed by atoms with E-state index >= 15 is 0 Å². The van der Waals surface area contributed by atoms with Crippen molar-refractivity contribution in [2.24, 2.45) is 0 Å². The Labute approximate surface area is 166 Å². The molecule has 1 amide bonds. The number of ether oxygens (including phenoxy) is 1. The predicted molar refractivity (Wildman–Crippen MR) is 109 cm³/mol. The monoisotopic (exact) mass is 380 g/mol. The Morgan fingerprint density at radius 3 is 2.39 bits per heavy atom. The molecule has 1 N–H and O–H groups in total. The highest BCUT2D eigenvalue weighted by molar-refractivity contribution is 5.65. The van der Waals surface area contributed by atoms with Gasteiger partial charge in [-0.05, 0) is 53.6 Å². The van der Waals surface area contributed by atoms with Crippen LogP contribution in [0.1, 0.15) is 28.7 Å². The summed E-state index contributed by atoms with van der Waals surface area (Å²) in [6, 6.07) is 15.2. The van der Waals surface area contributed by atoms with Crippen LogP contribution in [0.25, 0.3) is 0 Å². The van der Waals surface area contributed by atoms with Crippen molar-refractivity contribution >= 4 is 6.09 Å². The largest absolute Gasteiger partial charge is 0.493 e. The minimum absolute atomic E-state index is 0.591. The Kier molecular flexibility index (Phi) is 5.81. The number of carboxylic acid groups (broad SMARTS) is 1. The number of carbonyl (C=O) groups is 1. The first-order chi connectivity index (χ1) is 13.7. The van der Waals surface area contributed by atoms with Crippen LogP contribution < -0.4 is 4.74 Å². The zero-order chi connectivity index (χ0) is 19.3. The average molecular weight is 380 g/mol. The molecule has 148 valence electrons. The van der Waals surface area contributed by atoms with Crippen molar-refractivity contribution in [3.8, 4) is 5.75 Å². The second kappa shape index (κ2) is 8.65. The summed E-state index contributed by atoms with van der Waals surface area (Å²) in [7, 11) is 0. The SMILES string of the molecule is O=C(O)N1CCN(Cc2ccc(CCOc3ccc4c(c3)CCC4)cc2)CC1. The number of piperazine rings is 1. The van der Waals surface area contributed by atoms with E-state index in [9.17, 15) is 4.79 Å². The Bertz CT molecular complexity index is 811. The summed E-state index contributed by atoms with van der Waals surface area (Å²) in [5.41, 5.74) is 5.48. The van der Waals surface area contributed by atoms with Crippen LogP contribution in [-0.2, 0) is 25.8 Å². The van der Waals surface area contributed by atoms with Crippen LogP contribution in [-0.4, -0.2) is 53.8 Å². The van der Waals surface area contributed by atoms with Gasteiger partial charge in [0.05, 0.1) is 6.61 Å². The van der Waals surface area contributed by atoms with Crippen LogP contribution in [0.5, 0.6) is 5.75 Å². The lowest BCUT2D eigenvalue weighted by Gasteiger charge is -2.33. The van der Waals surface area contributed by atoms with Crippen LogP contribution in [0.4, 0.5) is 4.79 Å². The van der Waals surface area contributed by atoms with Crippen molar-refractivity contribution in [3.05, 3.63) is 64.7 Å². The van der Waals surface area contributed by atoms with Crippen molar-refractivity contribution in [3.63, 3.8) is 0 Å². The maximum Gasteiger partial charge on any atom is 0.407 e. The highest BCUT2D eigenvalue weighted by Crippen LogP contribution is 2.26. The molecule has 1 saturated heterocycles. The fourth-order valence-electron chi connectivity index (χ4n) is 4.09. The van der Waals surface area contributed by atoms with Crippen LogP contribution in [0.2, 0.25) is 0 Å². The molecule has 2 aromatic rings. The Balaban J connectivity index is 1.22. The Morgan fingerprint density at radius 2 is 1.64 bits per heavy atom. The van der Waals surface area contributed by atoms with Gasteiger partial charge in [0.15, 0.2) is 0 Å². The summed E-state index contributed by atoms with van der Waals surface area (Å²) in [5, 5.41) is 9.03. The molecule has 0 spiro atoms. The number of aryl methyl sites for hydroxylation is 2. The topological polar surface area (TPSA) is 53.0 Å². The van der Waals surface area contributed by atoms with Gasteiger partial charge in [-0.25, -0.2) is 4.79 Å². The standard InChI is InChI=1S/C23H28N2O3/c26-23(27)25-13-11-24(12-14-25)17-19-6-4-18(5-7-19)10-15-28-22-9-8-20-2-1-3-21(20)16-22/h4-9,16H,1-3,10-15,17H2,(H,26,27). The molecule has 0 bridgehead atoms. The van der Waals surface area contributed by atoms with Crippen molar-refractivity contribution < 1.29 is 14.6 Å². The van der Waals surface area contributed by atoms with Gasteiger partial charge in [0.25, 0.3) is 0 Å². The molecule has 5 heteroatoms. The summed E-state index contributed by atoms with van der Waals surface area (Å²) < 4.78 is 5.96. The van der Waals surface area contributed by atoms with Crippen molar-refractivity contribution in [2.45, 2.75) is 32.2 Å². The van der Waals surface area contributed by atoms with Gasteiger partial charge in [0.2, 0.25) is 0 Å². The van der Waals surface area contributed by atoms with Crippen LogP contribution in [0.15, 0.2) is 42.5 Å². The minimum atomic E-state index is -0.814. The van der Waals surface area contributed by atoms with E-state index in [0.29, 0.717) is 19.7 Å². The minimum Gasteiger partial charge on any atom is -0.493 e. The molecule has 0 saturated carbocycles. The van der Waals surface area contributed by atoms with Gasteiger partial charge in [-0.2, -0.15) is 0 Å². The number of amides is 1. The van der Waals surface area contributed by atoms with Gasteiger partial charge < -0.3 is 14.7 Å². The molecule has 1 aliphatic heterocycles. The van der Waals surface area contributed by atoms with Gasteiger partial charge in [-0.15, -0.1) is 0 Å². The van der Waals surface area contributed by atoms with Crippen LogP contribution in [0, 0.1) is 0 Å². The van der Waals surface area contributed by atoms with Crippen molar-refractivity contribution in [1.29, 1.82) is 0 Å². The van der Waals surface area contributed by atoms with E-state index in [4.69, 9.17) is 9.84 Å². The second-order valence-electron chi connectivity index (χ2n) is 7.74. The summed E-state index contributed by atoms with van der Waals surface area (Å²) in [5.74, 6) is 0.984. The second-order valence-corrected chi connectivity index (χ2v) is 7.74. The third kappa shape index (κ3) is 4.65. The number of nitrogens with zero attached hydrogens (tertiary/aromatic N) is 2. The molecule has 0 aromatic heterocycles. The molecule has 0 atom stereocenters. The summed E-state index contributed by atoms with van der Waals surface area (Å²) in [6.07, 6.45) is 3.73. The number of hydrogen-bond donors (Lipinski definition) is 1. The normalized spacial score (nSPS) is 16.8. The molecule has 1 aliphatic carbocycles. The summed E-state index contributed by atoms with van der Waals surface area (Å²) >= 11 is 0. The van der Waals surface area contributed by atoms with Crippen molar-refractivity contribution in [2.75, 3.05) is 32.8 Å². The first-order valence-electron chi connectivity index (χ1n) is 10.2. The maximum atomic E-state index is 11.0. The van der Waals surface area contributed by atoms with Gasteiger partial charge in [-0.3, -0.25) is 4.90 Å². The first-order valence-corrected chi connectivity index (χ1v) is 10.2. The molecule has 2 aliphatic rings. The molecule has 0 unspecified atom stereocenters. The van der Waals surface area contributed by atoms with Gasteiger partial charge in [0.1, 0.15) is 5.75 Å². The van der Waals surface area contributed by atoms with E-state index in [1.54, 1.807) is 0 Å². The number of rotatable bonds is 6. The number of hydrogen-bond acceptors (Lipinski definition) is 3. The molecule has 5 nitrogen and oxygen atoms in total. The Hall–Kier alpha value is -2.53. The summed E-state index contributed by atoms with van der Waals surface area (Å²) in [4.78, 5) is 14.8. The fraction of sp³-hybridized carbons (Fsp3) is 0.435. The smallest absolute Gasteiger partial charge is 0.407 e. The van der Waals surface area contributed by atoms with Gasteiger partial charge in [-0.1, -0.05) is 30.3 Å². The van der Waals surface area contributed by atoms with Crippen LogP contribution in [0.3, 0.4) is 0 Å².